The van der Waals surface area contributed by atoms with E-state index in [1.165, 1.54) is 0 Å². The molecule has 9 rings (SSSR count). The first-order chi connectivity index (χ1) is 24.7. The second kappa shape index (κ2) is 11.4. The van der Waals surface area contributed by atoms with Gasteiger partial charge in [-0.3, -0.25) is 0 Å². The van der Waals surface area contributed by atoms with Crippen LogP contribution in [0, 0.1) is 34.0 Å². The number of para-hydroxylation sites is 3. The van der Waals surface area contributed by atoms with Gasteiger partial charge in [-0.15, -0.1) is 0 Å². The van der Waals surface area contributed by atoms with E-state index in [4.69, 9.17) is 0 Å². The van der Waals surface area contributed by atoms with E-state index >= 15 is 0 Å². The third kappa shape index (κ3) is 4.31. The molecule has 0 fully saturated rings. The molecule has 2 heterocycles. The quantitative estimate of drug-likeness (QED) is 0.193. The molecule has 0 radical (unpaired) electrons. The molecule has 5 heteroatoms. The third-order valence-corrected chi connectivity index (χ3v) is 9.63. The van der Waals surface area contributed by atoms with Crippen molar-refractivity contribution in [3.8, 4) is 51.8 Å². The molecular formula is C45H25N5. The van der Waals surface area contributed by atoms with E-state index in [-0.39, 0.29) is 0 Å². The molecule has 0 saturated heterocycles. The van der Waals surface area contributed by atoms with E-state index in [0.29, 0.717) is 16.7 Å². The molecule has 0 atom stereocenters. The van der Waals surface area contributed by atoms with E-state index in [9.17, 15) is 15.8 Å². The zero-order valence-electron chi connectivity index (χ0n) is 26.7. The van der Waals surface area contributed by atoms with Crippen LogP contribution < -0.4 is 0 Å². The molecule has 0 aliphatic heterocycles. The van der Waals surface area contributed by atoms with Gasteiger partial charge >= 0.3 is 0 Å². The minimum Gasteiger partial charge on any atom is -0.309 e. The van der Waals surface area contributed by atoms with Gasteiger partial charge in [0, 0.05) is 32.8 Å². The summed E-state index contributed by atoms with van der Waals surface area (Å²) in [7, 11) is 0. The van der Waals surface area contributed by atoms with Gasteiger partial charge in [0.1, 0.15) is 6.07 Å². The Morgan fingerprint density at radius 3 is 1.78 bits per heavy atom. The lowest BCUT2D eigenvalue weighted by Gasteiger charge is -2.16. The van der Waals surface area contributed by atoms with Gasteiger partial charge in [0.05, 0.1) is 56.6 Å². The van der Waals surface area contributed by atoms with Crippen LogP contribution in [0.5, 0.6) is 0 Å². The molecule has 0 amide bonds. The topological polar surface area (TPSA) is 81.2 Å². The second-order valence-corrected chi connectivity index (χ2v) is 12.3. The SMILES string of the molecule is N#Cc1ccc2c(c1)c1ccccc1n2-c1cccc(C#N)c1-c1cccc(-c2ccc(-n3c4ccccc4c4cccc(C#N)c43)cc2)c1. The van der Waals surface area contributed by atoms with Crippen LogP contribution in [0.15, 0.2) is 152 Å². The molecule has 0 bridgehead atoms. The first-order valence-corrected chi connectivity index (χ1v) is 16.3. The standard InChI is InChI=1S/C45H25N5/c46-26-29-18-23-42-39(24-29)37-13-2-4-16-41(37)50(42)43-17-7-10-33(27-47)44(43)32-9-5-8-31(25-32)30-19-21-35(22-20-30)49-40-15-3-1-12-36(40)38-14-6-11-34(28-48)45(38)49/h1-25H. The van der Waals surface area contributed by atoms with Crippen LogP contribution in [0.1, 0.15) is 16.7 Å². The summed E-state index contributed by atoms with van der Waals surface area (Å²) in [4.78, 5) is 0. The van der Waals surface area contributed by atoms with Crippen LogP contribution in [0.3, 0.4) is 0 Å². The molecule has 5 nitrogen and oxygen atoms in total. The van der Waals surface area contributed by atoms with Crippen LogP contribution in [-0.2, 0) is 0 Å². The highest BCUT2D eigenvalue weighted by Gasteiger charge is 2.19. The first-order valence-electron chi connectivity index (χ1n) is 16.3. The van der Waals surface area contributed by atoms with Gasteiger partial charge in [-0.05, 0) is 83.4 Å². The molecule has 0 N–H and O–H groups in total. The predicted octanol–water partition coefficient (Wildman–Crippen LogP) is 10.8. The monoisotopic (exact) mass is 635 g/mol. The van der Waals surface area contributed by atoms with Gasteiger partial charge in [0.25, 0.3) is 0 Å². The van der Waals surface area contributed by atoms with Crippen molar-refractivity contribution in [2.24, 2.45) is 0 Å². The Morgan fingerprint density at radius 2 is 1.02 bits per heavy atom. The molecule has 9 aromatic rings. The molecule has 7 aromatic carbocycles. The summed E-state index contributed by atoms with van der Waals surface area (Å²) in [6.45, 7) is 0. The van der Waals surface area contributed by atoms with Gasteiger partial charge in [-0.1, -0.05) is 84.9 Å². The van der Waals surface area contributed by atoms with Gasteiger partial charge in [0.2, 0.25) is 0 Å². The van der Waals surface area contributed by atoms with Crippen LogP contribution in [0.25, 0.3) is 77.2 Å². The summed E-state index contributed by atoms with van der Waals surface area (Å²) in [5.41, 5.74) is 11.4. The van der Waals surface area contributed by atoms with Crippen molar-refractivity contribution in [3.63, 3.8) is 0 Å². The Balaban J connectivity index is 1.19. The van der Waals surface area contributed by atoms with E-state index in [0.717, 1.165) is 77.2 Å². The second-order valence-electron chi connectivity index (χ2n) is 12.3. The molecule has 230 valence electrons. The van der Waals surface area contributed by atoms with Crippen molar-refractivity contribution in [2.75, 3.05) is 0 Å². The summed E-state index contributed by atoms with van der Waals surface area (Å²) in [5.74, 6) is 0. The van der Waals surface area contributed by atoms with E-state index in [1.54, 1.807) is 0 Å². The molecule has 2 aromatic heterocycles. The van der Waals surface area contributed by atoms with Crippen molar-refractivity contribution in [3.05, 3.63) is 168 Å². The highest BCUT2D eigenvalue weighted by Crippen LogP contribution is 2.39. The fraction of sp³-hybridized carbons (Fsp3) is 0. The molecule has 0 saturated carbocycles. The van der Waals surface area contributed by atoms with E-state index < -0.39 is 0 Å². The fourth-order valence-electron chi connectivity index (χ4n) is 7.46. The van der Waals surface area contributed by atoms with Crippen LogP contribution in [0.4, 0.5) is 0 Å². The molecule has 0 aliphatic carbocycles. The number of nitriles is 3. The van der Waals surface area contributed by atoms with Crippen molar-refractivity contribution in [2.45, 2.75) is 0 Å². The van der Waals surface area contributed by atoms with Gasteiger partial charge < -0.3 is 9.13 Å². The van der Waals surface area contributed by atoms with Crippen LogP contribution >= 0.6 is 0 Å². The van der Waals surface area contributed by atoms with Gasteiger partial charge in [0.15, 0.2) is 0 Å². The lowest BCUT2D eigenvalue weighted by atomic mass is 9.94. The molecule has 0 unspecified atom stereocenters. The number of hydrogen-bond donors (Lipinski definition) is 0. The number of hydrogen-bond acceptors (Lipinski definition) is 3. The maximum atomic E-state index is 10.4. The minimum absolute atomic E-state index is 0.578. The highest BCUT2D eigenvalue weighted by molar-refractivity contribution is 6.11. The average Bonchev–Trinajstić information content (AvgIpc) is 3.70. The normalized spacial score (nSPS) is 11.1. The number of aromatic nitrogens is 2. The third-order valence-electron chi connectivity index (χ3n) is 9.63. The Bertz CT molecular complexity index is 2960. The average molecular weight is 636 g/mol. The molecule has 0 aliphatic rings. The highest BCUT2D eigenvalue weighted by atomic mass is 15.0. The van der Waals surface area contributed by atoms with Crippen LogP contribution in [0.2, 0.25) is 0 Å². The molecule has 50 heavy (non-hydrogen) atoms. The Hall–Kier alpha value is -7.39. The predicted molar refractivity (Wildman–Crippen MR) is 200 cm³/mol. The lowest BCUT2D eigenvalue weighted by molar-refractivity contribution is 1.18. The number of benzene rings is 7. The van der Waals surface area contributed by atoms with E-state index in [2.05, 4.69) is 106 Å². The van der Waals surface area contributed by atoms with Crippen molar-refractivity contribution < 1.29 is 0 Å². The zero-order chi connectivity index (χ0) is 33.8. The number of fused-ring (bicyclic) bond motifs is 6. The summed E-state index contributed by atoms with van der Waals surface area (Å²) in [6.07, 6.45) is 0. The van der Waals surface area contributed by atoms with Crippen molar-refractivity contribution >= 4 is 43.6 Å². The fourth-order valence-corrected chi connectivity index (χ4v) is 7.46. The first kappa shape index (κ1) is 28.8. The van der Waals surface area contributed by atoms with E-state index in [1.807, 2.05) is 72.8 Å². The van der Waals surface area contributed by atoms with Gasteiger partial charge in [-0.2, -0.15) is 15.8 Å². The largest absolute Gasteiger partial charge is 0.309 e. The van der Waals surface area contributed by atoms with Crippen LogP contribution in [-0.4, -0.2) is 9.13 Å². The summed E-state index contributed by atoms with van der Waals surface area (Å²) in [5, 5.41) is 34.2. The molecular weight excluding hydrogens is 611 g/mol. The van der Waals surface area contributed by atoms with Gasteiger partial charge in [-0.25, -0.2) is 0 Å². The Morgan fingerprint density at radius 1 is 0.400 bits per heavy atom. The summed E-state index contributed by atoms with van der Waals surface area (Å²) >= 11 is 0. The zero-order valence-corrected chi connectivity index (χ0v) is 26.7. The van der Waals surface area contributed by atoms with Crippen molar-refractivity contribution in [1.82, 2.24) is 9.13 Å². The maximum absolute atomic E-state index is 10.4. The number of rotatable bonds is 4. The summed E-state index contributed by atoms with van der Waals surface area (Å²) < 4.78 is 4.37. The number of nitrogens with zero attached hydrogens (tertiary/aromatic N) is 5. The maximum Gasteiger partial charge on any atom is 0.101 e. The lowest BCUT2D eigenvalue weighted by Crippen LogP contribution is -1.99. The Labute approximate surface area is 287 Å². The molecule has 0 spiro atoms. The Kier molecular flexibility index (Phi) is 6.56. The smallest absolute Gasteiger partial charge is 0.101 e. The van der Waals surface area contributed by atoms with Crippen molar-refractivity contribution in [1.29, 1.82) is 15.8 Å². The minimum atomic E-state index is 0.578. The summed E-state index contributed by atoms with van der Waals surface area (Å²) in [6, 6.07) is 57.8.